The van der Waals surface area contributed by atoms with E-state index in [1.807, 2.05) is 6.92 Å². The van der Waals surface area contributed by atoms with Crippen molar-refractivity contribution in [1.29, 1.82) is 0 Å². The minimum atomic E-state index is -0.955. The molecule has 2 rings (SSSR count). The number of carbonyl (C=O) groups is 3. The van der Waals surface area contributed by atoms with E-state index in [0.717, 1.165) is 6.42 Å². The summed E-state index contributed by atoms with van der Waals surface area (Å²) in [5, 5.41) is 14.6. The predicted molar refractivity (Wildman–Crippen MR) is 72.7 cm³/mol. The second kappa shape index (κ2) is 6.75. The van der Waals surface area contributed by atoms with Gasteiger partial charge in [0.15, 0.2) is 0 Å². The van der Waals surface area contributed by atoms with Crippen molar-refractivity contribution in [1.82, 2.24) is 15.5 Å². The van der Waals surface area contributed by atoms with Gasteiger partial charge in [-0.3, -0.25) is 9.59 Å². The van der Waals surface area contributed by atoms with Crippen molar-refractivity contribution in [2.24, 2.45) is 5.92 Å². The summed E-state index contributed by atoms with van der Waals surface area (Å²) < 4.78 is 5.23. The number of rotatable bonds is 5. The summed E-state index contributed by atoms with van der Waals surface area (Å²) in [6.45, 7) is 3.14. The Kier molecular flexibility index (Phi) is 5.00. The van der Waals surface area contributed by atoms with Crippen LogP contribution in [-0.4, -0.2) is 66.3 Å². The summed E-state index contributed by atoms with van der Waals surface area (Å²) in [6, 6.07) is -1.04. The molecule has 0 bridgehead atoms. The molecule has 8 nitrogen and oxygen atoms in total. The Morgan fingerprint density at radius 2 is 2.24 bits per heavy atom. The fourth-order valence-electron chi connectivity index (χ4n) is 2.71. The number of nitrogens with one attached hydrogen (secondary N) is 2. The highest BCUT2D eigenvalue weighted by Crippen LogP contribution is 2.21. The number of hydrogen-bond donors (Lipinski definition) is 3. The third kappa shape index (κ3) is 3.63. The zero-order valence-corrected chi connectivity index (χ0v) is 12.0. The molecule has 2 aliphatic heterocycles. The molecule has 0 radical (unpaired) electrons. The van der Waals surface area contributed by atoms with Crippen LogP contribution in [0.3, 0.4) is 0 Å². The largest absolute Gasteiger partial charge is 0.481 e. The molecule has 118 valence electrons. The third-order valence-corrected chi connectivity index (χ3v) is 3.80. The van der Waals surface area contributed by atoms with E-state index in [1.165, 1.54) is 4.90 Å². The minimum absolute atomic E-state index is 0.0880. The van der Waals surface area contributed by atoms with Gasteiger partial charge in [-0.1, -0.05) is 6.92 Å². The number of carbonyl (C=O) groups excluding carboxylic acids is 2. The zero-order valence-electron chi connectivity index (χ0n) is 12.0. The summed E-state index contributed by atoms with van der Waals surface area (Å²) >= 11 is 0. The Morgan fingerprint density at radius 3 is 2.81 bits per heavy atom. The average molecular weight is 299 g/mol. The van der Waals surface area contributed by atoms with Crippen molar-refractivity contribution in [3.8, 4) is 0 Å². The Hall–Kier alpha value is -1.83. The predicted octanol–water partition coefficient (Wildman–Crippen LogP) is -0.604. The van der Waals surface area contributed by atoms with Gasteiger partial charge in [0, 0.05) is 19.5 Å². The van der Waals surface area contributed by atoms with E-state index < -0.39 is 17.9 Å². The van der Waals surface area contributed by atoms with Crippen LogP contribution in [0.15, 0.2) is 0 Å². The maximum Gasteiger partial charge on any atom is 0.318 e. The highest BCUT2D eigenvalue weighted by molar-refractivity contribution is 5.82. The molecule has 3 N–H and O–H groups in total. The number of carboxylic acid groups (broad SMARTS) is 1. The van der Waals surface area contributed by atoms with Crippen LogP contribution in [0.25, 0.3) is 0 Å². The van der Waals surface area contributed by atoms with E-state index in [1.54, 1.807) is 0 Å². The summed E-state index contributed by atoms with van der Waals surface area (Å²) in [5.41, 5.74) is 0. The highest BCUT2D eigenvalue weighted by Gasteiger charge is 2.40. The third-order valence-electron chi connectivity index (χ3n) is 3.80. The molecule has 0 aromatic carbocycles. The first-order valence-electron chi connectivity index (χ1n) is 7.17. The van der Waals surface area contributed by atoms with Crippen molar-refractivity contribution >= 4 is 17.9 Å². The van der Waals surface area contributed by atoms with Gasteiger partial charge in [0.25, 0.3) is 0 Å². The average Bonchev–Trinajstić information content (AvgIpc) is 3.05. The van der Waals surface area contributed by atoms with Crippen molar-refractivity contribution in [3.05, 3.63) is 0 Å². The Balaban J connectivity index is 2.01. The standard InChI is InChI=1S/C13H21N3O5/c1-2-3-16(10-7-21-6-9(10)12(18)19)13(20)15-8-4-11(17)14-5-8/h8-10H,2-7H2,1H3,(H,14,17)(H,15,20)(H,18,19). The lowest BCUT2D eigenvalue weighted by Crippen LogP contribution is -2.53. The fourth-order valence-corrected chi connectivity index (χ4v) is 2.71. The molecule has 2 saturated heterocycles. The molecule has 0 aromatic heterocycles. The number of urea groups is 1. The minimum Gasteiger partial charge on any atom is -0.481 e. The van der Waals surface area contributed by atoms with Gasteiger partial charge >= 0.3 is 12.0 Å². The van der Waals surface area contributed by atoms with Crippen LogP contribution < -0.4 is 10.6 Å². The molecule has 2 aliphatic rings. The molecule has 8 heteroatoms. The molecule has 0 aromatic rings. The molecule has 3 unspecified atom stereocenters. The topological polar surface area (TPSA) is 108 Å². The Labute approximate surface area is 122 Å². The van der Waals surface area contributed by atoms with Gasteiger partial charge in [-0.15, -0.1) is 0 Å². The first-order chi connectivity index (χ1) is 10.0. The summed E-state index contributed by atoms with van der Waals surface area (Å²) in [6.07, 6.45) is 0.980. The molecule has 0 saturated carbocycles. The van der Waals surface area contributed by atoms with Crippen LogP contribution in [0, 0.1) is 5.92 Å². The summed E-state index contributed by atoms with van der Waals surface area (Å²) in [4.78, 5) is 36.3. The van der Waals surface area contributed by atoms with Crippen molar-refractivity contribution in [2.45, 2.75) is 31.8 Å². The molecule has 2 heterocycles. The van der Waals surface area contributed by atoms with Gasteiger partial charge in [0.1, 0.15) is 5.92 Å². The summed E-state index contributed by atoms with van der Waals surface area (Å²) in [7, 11) is 0. The molecule has 21 heavy (non-hydrogen) atoms. The van der Waals surface area contributed by atoms with Crippen molar-refractivity contribution in [3.63, 3.8) is 0 Å². The van der Waals surface area contributed by atoms with Crippen LogP contribution in [0.4, 0.5) is 4.79 Å². The fraction of sp³-hybridized carbons (Fsp3) is 0.769. The molecule has 2 fully saturated rings. The molecular weight excluding hydrogens is 278 g/mol. The smallest absolute Gasteiger partial charge is 0.318 e. The monoisotopic (exact) mass is 299 g/mol. The quantitative estimate of drug-likeness (QED) is 0.628. The van der Waals surface area contributed by atoms with Crippen LogP contribution in [-0.2, 0) is 14.3 Å². The lowest BCUT2D eigenvalue weighted by Gasteiger charge is -2.31. The Morgan fingerprint density at radius 1 is 1.48 bits per heavy atom. The highest BCUT2D eigenvalue weighted by atomic mass is 16.5. The maximum atomic E-state index is 12.4. The van der Waals surface area contributed by atoms with Crippen molar-refractivity contribution in [2.75, 3.05) is 26.3 Å². The lowest BCUT2D eigenvalue weighted by atomic mass is 10.0. The lowest BCUT2D eigenvalue weighted by molar-refractivity contribution is -0.142. The first-order valence-corrected chi connectivity index (χ1v) is 7.17. The number of nitrogens with zero attached hydrogens (tertiary/aromatic N) is 1. The second-order valence-corrected chi connectivity index (χ2v) is 5.40. The second-order valence-electron chi connectivity index (χ2n) is 5.40. The number of ether oxygens (including phenoxy) is 1. The van der Waals surface area contributed by atoms with E-state index in [4.69, 9.17) is 4.74 Å². The van der Waals surface area contributed by atoms with Gasteiger partial charge < -0.3 is 25.4 Å². The number of amides is 3. The number of carboxylic acids is 1. The number of hydrogen-bond acceptors (Lipinski definition) is 4. The Bertz CT molecular complexity index is 428. The molecule has 3 atom stereocenters. The number of aliphatic carboxylic acids is 1. The van der Waals surface area contributed by atoms with Crippen LogP contribution in [0.1, 0.15) is 19.8 Å². The van der Waals surface area contributed by atoms with Gasteiger partial charge in [0.05, 0.1) is 25.3 Å². The zero-order chi connectivity index (χ0) is 15.4. The van der Waals surface area contributed by atoms with Crippen LogP contribution in [0.5, 0.6) is 0 Å². The van der Waals surface area contributed by atoms with E-state index in [2.05, 4.69) is 10.6 Å². The molecule has 3 amide bonds. The van der Waals surface area contributed by atoms with Gasteiger partial charge in [-0.25, -0.2) is 4.79 Å². The molecular formula is C13H21N3O5. The van der Waals surface area contributed by atoms with E-state index in [0.29, 0.717) is 13.1 Å². The van der Waals surface area contributed by atoms with Crippen LogP contribution >= 0.6 is 0 Å². The molecule has 0 spiro atoms. The normalized spacial score (nSPS) is 28.2. The molecule has 0 aliphatic carbocycles. The van der Waals surface area contributed by atoms with E-state index >= 15 is 0 Å². The van der Waals surface area contributed by atoms with Gasteiger partial charge in [-0.05, 0) is 6.42 Å². The van der Waals surface area contributed by atoms with Gasteiger partial charge in [0.2, 0.25) is 5.91 Å². The van der Waals surface area contributed by atoms with Crippen molar-refractivity contribution < 1.29 is 24.2 Å². The van der Waals surface area contributed by atoms with E-state index in [9.17, 15) is 19.5 Å². The summed E-state index contributed by atoms with van der Waals surface area (Å²) in [5.74, 6) is -1.75. The van der Waals surface area contributed by atoms with E-state index in [-0.39, 0.29) is 37.6 Å². The van der Waals surface area contributed by atoms with Gasteiger partial charge in [-0.2, -0.15) is 0 Å². The maximum absolute atomic E-state index is 12.4. The first kappa shape index (κ1) is 15.6. The van der Waals surface area contributed by atoms with Crippen LogP contribution in [0.2, 0.25) is 0 Å². The SMILES string of the molecule is CCCN(C(=O)NC1CNC(=O)C1)C1COCC1C(=O)O.